The molecule has 0 fully saturated rings. The zero-order valence-corrected chi connectivity index (χ0v) is 13.7. The Morgan fingerprint density at radius 1 is 0.630 bits per heavy atom. The Hall–Kier alpha value is -3.46. The number of hydrogen-bond acceptors (Lipinski definition) is 10. The minimum atomic E-state index is -2.98. The van der Waals surface area contributed by atoms with E-state index in [1.54, 1.807) is 0 Å². The predicted molar refractivity (Wildman–Crippen MR) is 81.0 cm³/mol. The highest BCUT2D eigenvalue weighted by Gasteiger charge is 2.59. The van der Waals surface area contributed by atoms with Gasteiger partial charge in [-0.05, 0) is 6.42 Å². The van der Waals surface area contributed by atoms with Crippen LogP contribution in [0.2, 0.25) is 0 Å². The number of carboxylic acid groups (broad SMARTS) is 2. The van der Waals surface area contributed by atoms with E-state index in [1.807, 2.05) is 0 Å². The lowest BCUT2D eigenvalue weighted by Crippen LogP contribution is -2.49. The van der Waals surface area contributed by atoms with E-state index in [1.165, 1.54) is 0 Å². The normalized spacial score (nSPS) is 11.6. The molecule has 2 N–H and O–H groups in total. The summed E-state index contributed by atoms with van der Waals surface area (Å²) >= 11 is 0. The van der Waals surface area contributed by atoms with Crippen molar-refractivity contribution in [2.45, 2.75) is 56.3 Å². The highest BCUT2D eigenvalue weighted by Crippen LogP contribution is 2.30. The van der Waals surface area contributed by atoms with Crippen molar-refractivity contribution in [3.63, 3.8) is 0 Å². The molecular formula is C11H16N4O12. The van der Waals surface area contributed by atoms with Crippen LogP contribution in [0.5, 0.6) is 0 Å². The Bertz CT molecular complexity index is 565. The number of nitro groups is 4. The number of hydrogen-bond donors (Lipinski definition) is 2. The van der Waals surface area contributed by atoms with E-state index < -0.39 is 87.9 Å². The second kappa shape index (κ2) is 9.30. The predicted octanol–water partition coefficient (Wildman–Crippen LogP) is 0.386. The molecule has 152 valence electrons. The number of rotatable bonds is 14. The van der Waals surface area contributed by atoms with Crippen molar-refractivity contribution < 1.29 is 39.5 Å². The van der Waals surface area contributed by atoms with Crippen LogP contribution in [0.25, 0.3) is 0 Å². The first-order chi connectivity index (χ1) is 12.3. The fourth-order valence-electron chi connectivity index (χ4n) is 2.38. The molecule has 16 nitrogen and oxygen atoms in total. The molecule has 0 aromatic heterocycles. The van der Waals surface area contributed by atoms with Crippen LogP contribution < -0.4 is 0 Å². The zero-order chi connectivity index (χ0) is 21.4. The first kappa shape index (κ1) is 23.5. The van der Waals surface area contributed by atoms with Crippen LogP contribution in [0.1, 0.15) is 44.9 Å². The van der Waals surface area contributed by atoms with E-state index in [4.69, 9.17) is 10.2 Å². The number of carbonyl (C=O) groups is 2. The lowest BCUT2D eigenvalue weighted by atomic mass is 9.92. The molecule has 0 aliphatic rings. The molecule has 0 radical (unpaired) electrons. The molecule has 0 rings (SSSR count). The highest BCUT2D eigenvalue weighted by atomic mass is 16.7. The molecule has 27 heavy (non-hydrogen) atoms. The van der Waals surface area contributed by atoms with E-state index in [-0.39, 0.29) is 0 Å². The van der Waals surface area contributed by atoms with Gasteiger partial charge in [0, 0.05) is 0 Å². The van der Waals surface area contributed by atoms with Gasteiger partial charge >= 0.3 is 23.3 Å². The number of carboxylic acids is 2. The molecule has 0 heterocycles. The highest BCUT2D eigenvalue weighted by molar-refractivity contribution is 5.67. The second-order valence-electron chi connectivity index (χ2n) is 5.63. The van der Waals surface area contributed by atoms with E-state index in [2.05, 4.69) is 0 Å². The van der Waals surface area contributed by atoms with Gasteiger partial charge in [0.15, 0.2) is 0 Å². The van der Waals surface area contributed by atoms with Gasteiger partial charge in [0.25, 0.3) is 0 Å². The van der Waals surface area contributed by atoms with Crippen molar-refractivity contribution in [1.82, 2.24) is 0 Å². The van der Waals surface area contributed by atoms with Gasteiger partial charge in [-0.1, -0.05) is 0 Å². The van der Waals surface area contributed by atoms with Crippen molar-refractivity contribution in [1.29, 1.82) is 0 Å². The molecule has 0 spiro atoms. The van der Waals surface area contributed by atoms with Gasteiger partial charge in [-0.15, -0.1) is 0 Å². The molecule has 0 aromatic rings. The van der Waals surface area contributed by atoms with Crippen LogP contribution in [0.3, 0.4) is 0 Å². The largest absolute Gasteiger partial charge is 0.481 e. The zero-order valence-electron chi connectivity index (χ0n) is 13.7. The second-order valence-corrected chi connectivity index (χ2v) is 5.63. The quantitative estimate of drug-likeness (QED) is 0.230. The summed E-state index contributed by atoms with van der Waals surface area (Å²) in [5.41, 5.74) is -5.96. The third-order valence-electron chi connectivity index (χ3n) is 3.99. The maximum Gasteiger partial charge on any atom is 0.459 e. The topological polar surface area (TPSA) is 247 Å². The Labute approximate surface area is 149 Å². The average Bonchev–Trinajstić information content (AvgIpc) is 2.51. The Morgan fingerprint density at radius 2 is 0.889 bits per heavy atom. The van der Waals surface area contributed by atoms with Crippen molar-refractivity contribution in [3.05, 3.63) is 40.5 Å². The van der Waals surface area contributed by atoms with Crippen LogP contribution in [-0.2, 0) is 9.59 Å². The van der Waals surface area contributed by atoms with Gasteiger partial charge in [0.2, 0.25) is 0 Å². The van der Waals surface area contributed by atoms with Gasteiger partial charge in [0.05, 0.1) is 58.2 Å². The summed E-state index contributed by atoms with van der Waals surface area (Å²) < 4.78 is 0. The molecule has 0 bridgehead atoms. The summed E-state index contributed by atoms with van der Waals surface area (Å²) in [6.07, 6.45) is -6.67. The first-order valence-corrected chi connectivity index (χ1v) is 7.33. The number of nitrogens with zero attached hydrogens (tertiary/aromatic N) is 4. The summed E-state index contributed by atoms with van der Waals surface area (Å²) in [6.45, 7) is 0. The van der Waals surface area contributed by atoms with Crippen LogP contribution in [0.4, 0.5) is 0 Å². The van der Waals surface area contributed by atoms with Crippen molar-refractivity contribution in [3.8, 4) is 0 Å². The SMILES string of the molecule is O=C(O)CCC(CCCC(CCC(=O)O)([N+](=O)[O-])[N+](=O)[O-])([N+](=O)[O-])[N+](=O)[O-]. The summed E-state index contributed by atoms with van der Waals surface area (Å²) in [7, 11) is 0. The van der Waals surface area contributed by atoms with Crippen molar-refractivity contribution in [2.24, 2.45) is 0 Å². The van der Waals surface area contributed by atoms with Crippen LogP contribution in [0, 0.1) is 40.5 Å². The van der Waals surface area contributed by atoms with Gasteiger partial charge in [-0.3, -0.25) is 50.0 Å². The van der Waals surface area contributed by atoms with Gasteiger partial charge < -0.3 is 10.2 Å². The third kappa shape index (κ3) is 5.79. The van der Waals surface area contributed by atoms with Gasteiger partial charge in [0.1, 0.15) is 0 Å². The van der Waals surface area contributed by atoms with E-state index in [0.29, 0.717) is 0 Å². The van der Waals surface area contributed by atoms with Crippen molar-refractivity contribution in [2.75, 3.05) is 0 Å². The summed E-state index contributed by atoms with van der Waals surface area (Å²) in [5, 5.41) is 61.7. The van der Waals surface area contributed by atoms with Crippen molar-refractivity contribution >= 4 is 11.9 Å². The minimum Gasteiger partial charge on any atom is -0.481 e. The average molecular weight is 396 g/mol. The van der Waals surface area contributed by atoms with Crippen LogP contribution in [0.15, 0.2) is 0 Å². The minimum absolute atomic E-state index is 0.747. The Balaban J connectivity index is 5.53. The Kier molecular flexibility index (Phi) is 8.11. The maximum absolute atomic E-state index is 11.1. The molecule has 0 aliphatic carbocycles. The lowest BCUT2D eigenvalue weighted by molar-refractivity contribution is -0.804. The number of aliphatic carboxylic acids is 2. The van der Waals surface area contributed by atoms with E-state index in [0.717, 1.165) is 0 Å². The third-order valence-corrected chi connectivity index (χ3v) is 3.99. The van der Waals surface area contributed by atoms with E-state index >= 15 is 0 Å². The molecule has 16 heteroatoms. The fourth-order valence-corrected chi connectivity index (χ4v) is 2.38. The molecule has 0 aromatic carbocycles. The molecule has 0 aliphatic heterocycles. The van der Waals surface area contributed by atoms with Gasteiger partial charge in [-0.2, -0.15) is 0 Å². The smallest absolute Gasteiger partial charge is 0.459 e. The maximum atomic E-state index is 11.1. The fraction of sp³-hybridized carbons (Fsp3) is 0.818. The standard InChI is InChI=1S/C11H16N4O12/c16-8(17)2-6-10(12(20)21,13(22)23)4-1-5-11(14(24)25,15(26)27)7-3-9(18)19/h1-7H2,(H,16,17)(H,18,19). The molecule has 0 unspecified atom stereocenters. The van der Waals surface area contributed by atoms with Crippen LogP contribution in [-0.4, -0.2) is 53.2 Å². The first-order valence-electron chi connectivity index (χ1n) is 7.33. The van der Waals surface area contributed by atoms with Gasteiger partial charge in [-0.25, -0.2) is 0 Å². The van der Waals surface area contributed by atoms with E-state index in [9.17, 15) is 50.0 Å². The summed E-state index contributed by atoms with van der Waals surface area (Å²) in [5.74, 6) is -3.09. The van der Waals surface area contributed by atoms with Crippen LogP contribution >= 0.6 is 0 Å². The summed E-state index contributed by atoms with van der Waals surface area (Å²) in [4.78, 5) is 60.3. The Morgan fingerprint density at radius 3 is 1.07 bits per heavy atom. The monoisotopic (exact) mass is 396 g/mol. The molecule has 0 saturated heterocycles. The molecule has 0 atom stereocenters. The summed E-state index contributed by atoms with van der Waals surface area (Å²) in [6, 6.07) is 0. The lowest BCUT2D eigenvalue weighted by Gasteiger charge is -2.19. The molecule has 0 amide bonds. The molecule has 0 saturated carbocycles. The molecular weight excluding hydrogens is 380 g/mol.